The first kappa shape index (κ1) is 16.9. The average molecular weight is 362 g/mol. The zero-order chi connectivity index (χ0) is 17.8. The van der Waals surface area contributed by atoms with Crippen molar-refractivity contribution >= 4 is 33.5 Å². The number of fused-ring (bicyclic) bond motifs is 3. The number of hydrogen-bond donors (Lipinski definition) is 1. The summed E-state index contributed by atoms with van der Waals surface area (Å²) >= 11 is 1.85. The van der Waals surface area contributed by atoms with E-state index in [0.29, 0.717) is 5.58 Å². The molecular formula is C22H20NO2S+. The van der Waals surface area contributed by atoms with E-state index in [0.717, 1.165) is 40.6 Å². The van der Waals surface area contributed by atoms with Gasteiger partial charge in [-0.1, -0.05) is 48.5 Å². The Kier molecular flexibility index (Phi) is 5.04. The summed E-state index contributed by atoms with van der Waals surface area (Å²) in [6.45, 7) is 1.76. The third-order valence-electron chi connectivity index (χ3n) is 4.41. The molecule has 0 unspecified atom stereocenters. The molecule has 0 bridgehead atoms. The molecule has 0 saturated heterocycles. The van der Waals surface area contributed by atoms with Crippen molar-refractivity contribution in [2.75, 3.05) is 12.3 Å². The minimum Gasteiger partial charge on any atom is -0.423 e. The largest absolute Gasteiger partial charge is 0.423 e. The predicted molar refractivity (Wildman–Crippen MR) is 108 cm³/mol. The van der Waals surface area contributed by atoms with Gasteiger partial charge in [0, 0.05) is 27.7 Å². The summed E-state index contributed by atoms with van der Waals surface area (Å²) in [5.74, 6) is 1.03. The fourth-order valence-electron chi connectivity index (χ4n) is 3.22. The predicted octanol–water partition coefficient (Wildman–Crippen LogP) is 3.80. The summed E-state index contributed by atoms with van der Waals surface area (Å²) in [7, 11) is 0. The summed E-state index contributed by atoms with van der Waals surface area (Å²) in [6.07, 6.45) is 0. The van der Waals surface area contributed by atoms with E-state index in [-0.39, 0.29) is 5.63 Å². The Morgan fingerprint density at radius 3 is 2.62 bits per heavy atom. The van der Waals surface area contributed by atoms with E-state index in [1.54, 1.807) is 6.07 Å². The van der Waals surface area contributed by atoms with Gasteiger partial charge in [-0.25, -0.2) is 4.79 Å². The lowest BCUT2D eigenvalue weighted by Crippen LogP contribution is -2.83. The van der Waals surface area contributed by atoms with Gasteiger partial charge in [-0.15, -0.1) is 11.8 Å². The number of benzene rings is 3. The highest BCUT2D eigenvalue weighted by Crippen LogP contribution is 2.26. The summed E-state index contributed by atoms with van der Waals surface area (Å²) in [5, 5.41) is 5.60. The monoisotopic (exact) mass is 362 g/mol. The molecule has 3 aromatic carbocycles. The molecule has 26 heavy (non-hydrogen) atoms. The van der Waals surface area contributed by atoms with E-state index in [2.05, 4.69) is 41.7 Å². The highest BCUT2D eigenvalue weighted by Gasteiger charge is 2.10. The third kappa shape index (κ3) is 3.66. The number of thioether (sulfide) groups is 1. The van der Waals surface area contributed by atoms with Crippen LogP contribution in [0.15, 0.2) is 86.9 Å². The molecule has 0 aliphatic heterocycles. The molecule has 0 aliphatic carbocycles. The lowest BCUT2D eigenvalue weighted by atomic mass is 10.0. The molecule has 0 atom stereocenters. The highest BCUT2D eigenvalue weighted by atomic mass is 32.2. The van der Waals surface area contributed by atoms with Crippen LogP contribution in [0.4, 0.5) is 0 Å². The summed E-state index contributed by atoms with van der Waals surface area (Å²) in [6, 6.07) is 24.2. The quantitative estimate of drug-likeness (QED) is 0.246. The first-order valence-electron chi connectivity index (χ1n) is 8.75. The lowest BCUT2D eigenvalue weighted by molar-refractivity contribution is -0.666. The molecule has 0 radical (unpaired) electrons. The molecule has 0 aliphatic rings. The molecule has 0 amide bonds. The maximum absolute atomic E-state index is 11.9. The fraction of sp³-hybridized carbons (Fsp3) is 0.136. The number of quaternary nitrogens is 1. The van der Waals surface area contributed by atoms with E-state index in [1.807, 2.05) is 42.1 Å². The van der Waals surface area contributed by atoms with Crippen LogP contribution in [0.25, 0.3) is 21.7 Å². The van der Waals surface area contributed by atoms with Crippen LogP contribution in [0.5, 0.6) is 0 Å². The van der Waals surface area contributed by atoms with E-state index in [9.17, 15) is 4.79 Å². The van der Waals surface area contributed by atoms with Gasteiger partial charge < -0.3 is 9.73 Å². The Morgan fingerprint density at radius 2 is 1.73 bits per heavy atom. The summed E-state index contributed by atoms with van der Waals surface area (Å²) in [4.78, 5) is 13.2. The van der Waals surface area contributed by atoms with E-state index < -0.39 is 0 Å². The second kappa shape index (κ2) is 7.77. The number of hydrogen-bond acceptors (Lipinski definition) is 3. The Bertz CT molecular complexity index is 1090. The Hall–Kier alpha value is -2.56. The van der Waals surface area contributed by atoms with Gasteiger partial charge in [0.15, 0.2) is 0 Å². The molecule has 4 heteroatoms. The van der Waals surface area contributed by atoms with E-state index in [4.69, 9.17) is 4.42 Å². The molecular weight excluding hydrogens is 342 g/mol. The van der Waals surface area contributed by atoms with Crippen LogP contribution in [-0.2, 0) is 6.54 Å². The van der Waals surface area contributed by atoms with Crippen LogP contribution in [0, 0.1) is 0 Å². The van der Waals surface area contributed by atoms with Gasteiger partial charge in [0.25, 0.3) is 0 Å². The van der Waals surface area contributed by atoms with Gasteiger partial charge in [0.2, 0.25) is 0 Å². The molecule has 2 N–H and O–H groups in total. The van der Waals surface area contributed by atoms with E-state index >= 15 is 0 Å². The molecule has 4 rings (SSSR count). The van der Waals surface area contributed by atoms with Gasteiger partial charge in [-0.2, -0.15) is 0 Å². The van der Waals surface area contributed by atoms with Crippen LogP contribution >= 0.6 is 11.8 Å². The highest BCUT2D eigenvalue weighted by molar-refractivity contribution is 7.99. The molecule has 0 spiro atoms. The van der Waals surface area contributed by atoms with Crippen LogP contribution in [0.1, 0.15) is 5.56 Å². The molecule has 0 fully saturated rings. The van der Waals surface area contributed by atoms with E-state index in [1.165, 1.54) is 4.90 Å². The first-order chi connectivity index (χ1) is 12.8. The number of nitrogens with two attached hydrogens (primary N) is 1. The first-order valence-corrected chi connectivity index (χ1v) is 9.74. The molecule has 0 saturated carbocycles. The van der Waals surface area contributed by atoms with Gasteiger partial charge in [-0.3, -0.25) is 0 Å². The smallest absolute Gasteiger partial charge is 0.336 e. The zero-order valence-corrected chi connectivity index (χ0v) is 15.2. The van der Waals surface area contributed by atoms with Gasteiger partial charge >= 0.3 is 5.63 Å². The van der Waals surface area contributed by atoms with Gasteiger partial charge in [0.05, 0.1) is 6.54 Å². The van der Waals surface area contributed by atoms with Gasteiger partial charge in [0.1, 0.15) is 12.1 Å². The van der Waals surface area contributed by atoms with Crippen molar-refractivity contribution in [1.29, 1.82) is 0 Å². The van der Waals surface area contributed by atoms with Crippen molar-refractivity contribution in [2.24, 2.45) is 0 Å². The normalized spacial score (nSPS) is 11.2. The van der Waals surface area contributed by atoms with Crippen molar-refractivity contribution in [1.82, 2.24) is 0 Å². The minimum absolute atomic E-state index is 0.283. The number of rotatable bonds is 6. The topological polar surface area (TPSA) is 46.8 Å². The SMILES string of the molecule is O=c1cc(C[NH2+]CCSc2ccccc2)c2c(ccc3ccccc32)o1. The maximum atomic E-state index is 11.9. The Morgan fingerprint density at radius 1 is 0.923 bits per heavy atom. The maximum Gasteiger partial charge on any atom is 0.336 e. The van der Waals surface area contributed by atoms with Crippen molar-refractivity contribution in [2.45, 2.75) is 11.4 Å². The second-order valence-corrected chi connectivity index (χ2v) is 7.36. The standard InChI is InChI=1S/C22H19NO2S/c24-21-14-17(15-23-12-13-26-18-7-2-1-3-8-18)22-19-9-5-4-6-16(19)10-11-20(22)25-21/h1-11,14,23H,12-13,15H2/p+1. The van der Waals surface area contributed by atoms with Crippen molar-refractivity contribution in [3.8, 4) is 0 Å². The van der Waals surface area contributed by atoms with Crippen molar-refractivity contribution in [3.63, 3.8) is 0 Å². The van der Waals surface area contributed by atoms with Gasteiger partial charge in [-0.05, 0) is 29.0 Å². The average Bonchev–Trinajstić information content (AvgIpc) is 2.68. The Balaban J connectivity index is 1.52. The fourth-order valence-corrected chi connectivity index (χ4v) is 4.09. The minimum atomic E-state index is -0.283. The van der Waals surface area contributed by atoms with Crippen LogP contribution in [0.3, 0.4) is 0 Å². The second-order valence-electron chi connectivity index (χ2n) is 6.19. The Labute approximate surface area is 156 Å². The molecule has 1 aromatic heterocycles. The summed E-state index contributed by atoms with van der Waals surface area (Å²) < 4.78 is 5.42. The lowest BCUT2D eigenvalue weighted by Gasteiger charge is -2.08. The molecule has 1 heterocycles. The molecule has 4 aromatic rings. The van der Waals surface area contributed by atoms with Crippen LogP contribution < -0.4 is 10.9 Å². The van der Waals surface area contributed by atoms with Crippen LogP contribution in [0.2, 0.25) is 0 Å². The van der Waals surface area contributed by atoms with Crippen LogP contribution in [-0.4, -0.2) is 12.3 Å². The molecule has 130 valence electrons. The molecule has 3 nitrogen and oxygen atoms in total. The zero-order valence-electron chi connectivity index (χ0n) is 14.4. The summed E-state index contributed by atoms with van der Waals surface area (Å²) in [5.41, 5.74) is 1.42. The van der Waals surface area contributed by atoms with Crippen molar-refractivity contribution in [3.05, 3.63) is 88.8 Å². The van der Waals surface area contributed by atoms with Crippen molar-refractivity contribution < 1.29 is 9.73 Å². The third-order valence-corrected chi connectivity index (χ3v) is 5.46.